The Morgan fingerprint density at radius 1 is 1.10 bits per heavy atom. The van der Waals surface area contributed by atoms with Gasteiger partial charge in [-0.3, -0.25) is 9.59 Å². The van der Waals surface area contributed by atoms with Gasteiger partial charge in [-0.25, -0.2) is 4.21 Å². The summed E-state index contributed by atoms with van der Waals surface area (Å²) in [6.45, 7) is 7.11. The maximum atomic E-state index is 13.3. The van der Waals surface area contributed by atoms with Crippen LogP contribution in [-0.4, -0.2) is 58.2 Å². The van der Waals surface area contributed by atoms with Crippen molar-refractivity contribution in [2.45, 2.75) is 39.7 Å². The minimum atomic E-state index is -2.68. The van der Waals surface area contributed by atoms with E-state index in [1.807, 2.05) is 63.2 Å². The average Bonchev–Trinajstić information content (AvgIpc) is 2.93. The molecule has 2 amide bonds. The van der Waals surface area contributed by atoms with Crippen LogP contribution in [0.2, 0.25) is 0 Å². The molecule has 1 fully saturated rings. The zero-order valence-electron chi connectivity index (χ0n) is 18.6. The topological polar surface area (TPSA) is 76.0 Å². The highest BCUT2D eigenvalue weighted by atomic mass is 32.2. The molecule has 2 atom stereocenters. The van der Waals surface area contributed by atoms with Crippen molar-refractivity contribution >= 4 is 32.3 Å². The van der Waals surface area contributed by atoms with Gasteiger partial charge in [-0.2, -0.15) is 4.36 Å². The summed E-state index contributed by atoms with van der Waals surface area (Å²) in [6, 6.07) is 13.7. The number of amides is 2. The molecule has 168 valence electrons. The zero-order chi connectivity index (χ0) is 22.4. The Morgan fingerprint density at radius 3 is 2.58 bits per heavy atom. The van der Waals surface area contributed by atoms with Crippen LogP contribution in [-0.2, 0) is 30.5 Å². The Hall–Kier alpha value is -2.25. The summed E-state index contributed by atoms with van der Waals surface area (Å²) in [5.41, 5.74) is 0.886. The van der Waals surface area contributed by atoms with Gasteiger partial charge in [-0.05, 0) is 35.6 Å². The predicted octanol–water partition coefficient (Wildman–Crippen LogP) is 3.67. The van der Waals surface area contributed by atoms with Crippen LogP contribution in [0.3, 0.4) is 0 Å². The van der Waals surface area contributed by atoms with Gasteiger partial charge in [-0.15, -0.1) is 0 Å². The number of nitrogens with zero attached hydrogens (tertiary/aromatic N) is 2. The highest BCUT2D eigenvalue weighted by molar-refractivity contribution is 7.93. The van der Waals surface area contributed by atoms with Crippen LogP contribution in [0, 0.1) is 5.92 Å². The van der Waals surface area contributed by atoms with E-state index in [2.05, 4.69) is 4.36 Å². The fraction of sp³-hybridized carbons (Fsp3) is 0.500. The normalized spacial score (nSPS) is 20.5. The molecule has 0 spiro atoms. The first-order chi connectivity index (χ1) is 14.8. The maximum absolute atomic E-state index is 13.3. The van der Waals surface area contributed by atoms with E-state index in [4.69, 9.17) is 4.74 Å². The quantitative estimate of drug-likeness (QED) is 0.681. The van der Waals surface area contributed by atoms with Gasteiger partial charge in [0.15, 0.2) is 0 Å². The molecule has 1 aliphatic rings. The molecule has 0 aromatic heterocycles. The number of rotatable bonds is 6. The Balaban J connectivity index is 1.72. The molecule has 0 N–H and O–H groups in total. The summed E-state index contributed by atoms with van der Waals surface area (Å²) in [6.07, 6.45) is 0.192. The van der Waals surface area contributed by atoms with Crippen LogP contribution in [0.5, 0.6) is 0 Å². The molecule has 31 heavy (non-hydrogen) atoms. The lowest BCUT2D eigenvalue weighted by Gasteiger charge is -2.27. The minimum absolute atomic E-state index is 0.0621. The largest absolute Gasteiger partial charge is 0.368 e. The summed E-state index contributed by atoms with van der Waals surface area (Å²) >= 11 is 0. The van der Waals surface area contributed by atoms with E-state index in [9.17, 15) is 13.8 Å². The molecule has 2 unspecified atom stereocenters. The Labute approximate surface area is 185 Å². The standard InChI is InChI=1S/C24H32N2O4S/c1-4-30-23(18(2)3)24(28)26-13-8-15-31(29,16-14-26)25-22(27)17-20-11-7-10-19-9-5-6-12-21(19)20/h5-7,9-12,18,23H,4,8,13-17H2,1-3H3. The van der Waals surface area contributed by atoms with Gasteiger partial charge in [0.25, 0.3) is 11.8 Å². The van der Waals surface area contributed by atoms with Gasteiger partial charge in [0.2, 0.25) is 0 Å². The summed E-state index contributed by atoms with van der Waals surface area (Å²) in [4.78, 5) is 27.3. The van der Waals surface area contributed by atoms with E-state index < -0.39 is 15.8 Å². The predicted molar refractivity (Wildman–Crippen MR) is 124 cm³/mol. The van der Waals surface area contributed by atoms with Crippen molar-refractivity contribution in [1.82, 2.24) is 4.90 Å². The number of benzene rings is 2. The molecule has 1 aliphatic heterocycles. The summed E-state index contributed by atoms with van der Waals surface area (Å²) < 4.78 is 23.1. The van der Waals surface area contributed by atoms with Crippen LogP contribution in [0.15, 0.2) is 46.8 Å². The second-order valence-corrected chi connectivity index (χ2v) is 10.8. The van der Waals surface area contributed by atoms with Gasteiger partial charge >= 0.3 is 0 Å². The number of hydrogen-bond donors (Lipinski definition) is 0. The van der Waals surface area contributed by atoms with E-state index in [1.54, 1.807) is 4.90 Å². The second kappa shape index (κ2) is 10.4. The highest BCUT2D eigenvalue weighted by Gasteiger charge is 2.30. The lowest BCUT2D eigenvalue weighted by atomic mass is 10.0. The van der Waals surface area contributed by atoms with Gasteiger partial charge in [0.1, 0.15) is 6.10 Å². The van der Waals surface area contributed by atoms with E-state index in [-0.39, 0.29) is 29.9 Å². The molecule has 3 rings (SSSR count). The molecular formula is C24H32N2O4S. The van der Waals surface area contributed by atoms with Gasteiger partial charge in [0, 0.05) is 31.2 Å². The maximum Gasteiger partial charge on any atom is 0.258 e. The molecule has 0 bridgehead atoms. The van der Waals surface area contributed by atoms with Crippen molar-refractivity contribution in [2.24, 2.45) is 10.3 Å². The molecule has 1 heterocycles. The van der Waals surface area contributed by atoms with E-state index in [1.165, 1.54) is 0 Å². The number of fused-ring (bicyclic) bond motifs is 1. The highest BCUT2D eigenvalue weighted by Crippen LogP contribution is 2.20. The third-order valence-electron chi connectivity index (χ3n) is 5.57. The molecular weight excluding hydrogens is 412 g/mol. The first kappa shape index (κ1) is 23.4. The number of ether oxygens (including phenoxy) is 1. The van der Waals surface area contributed by atoms with Crippen molar-refractivity contribution in [3.8, 4) is 0 Å². The van der Waals surface area contributed by atoms with E-state index in [0.717, 1.165) is 16.3 Å². The fourth-order valence-corrected chi connectivity index (χ4v) is 5.90. The molecule has 2 aromatic carbocycles. The smallest absolute Gasteiger partial charge is 0.258 e. The first-order valence-electron chi connectivity index (χ1n) is 11.0. The van der Waals surface area contributed by atoms with Gasteiger partial charge in [0.05, 0.1) is 16.1 Å². The Kier molecular flexibility index (Phi) is 7.84. The van der Waals surface area contributed by atoms with Gasteiger partial charge < -0.3 is 9.64 Å². The summed E-state index contributed by atoms with van der Waals surface area (Å²) in [5.74, 6) is 0.181. The molecule has 6 nitrogen and oxygen atoms in total. The molecule has 1 saturated heterocycles. The van der Waals surface area contributed by atoms with Crippen molar-refractivity contribution in [3.63, 3.8) is 0 Å². The SMILES string of the molecule is CCOC(C(=O)N1CCCS(=O)(=NC(=O)Cc2cccc3ccccc23)CC1)C(C)C. The van der Waals surface area contributed by atoms with E-state index >= 15 is 0 Å². The Morgan fingerprint density at radius 2 is 1.84 bits per heavy atom. The van der Waals surface area contributed by atoms with E-state index in [0.29, 0.717) is 31.9 Å². The molecule has 0 aliphatic carbocycles. The van der Waals surface area contributed by atoms with Crippen molar-refractivity contribution in [2.75, 3.05) is 31.2 Å². The van der Waals surface area contributed by atoms with Crippen molar-refractivity contribution in [1.29, 1.82) is 0 Å². The van der Waals surface area contributed by atoms with Crippen LogP contribution in [0.25, 0.3) is 10.8 Å². The molecule has 0 saturated carbocycles. The second-order valence-electron chi connectivity index (χ2n) is 8.28. The first-order valence-corrected chi connectivity index (χ1v) is 12.8. The monoisotopic (exact) mass is 444 g/mol. The number of carbonyl (C=O) groups excluding carboxylic acids is 2. The Bertz CT molecular complexity index is 1050. The van der Waals surface area contributed by atoms with Crippen molar-refractivity contribution < 1.29 is 18.5 Å². The van der Waals surface area contributed by atoms with Crippen LogP contribution < -0.4 is 0 Å². The lowest BCUT2D eigenvalue weighted by Crippen LogP contribution is -2.44. The molecule has 7 heteroatoms. The zero-order valence-corrected chi connectivity index (χ0v) is 19.4. The van der Waals surface area contributed by atoms with Crippen LogP contribution in [0.1, 0.15) is 32.8 Å². The summed E-state index contributed by atoms with van der Waals surface area (Å²) in [5, 5.41) is 2.08. The van der Waals surface area contributed by atoms with Crippen LogP contribution in [0.4, 0.5) is 0 Å². The summed E-state index contributed by atoms with van der Waals surface area (Å²) in [7, 11) is -2.68. The third kappa shape index (κ3) is 5.92. The molecule has 2 aromatic rings. The van der Waals surface area contributed by atoms with Crippen molar-refractivity contribution in [3.05, 3.63) is 48.0 Å². The fourth-order valence-electron chi connectivity index (χ4n) is 4.00. The lowest BCUT2D eigenvalue weighted by molar-refractivity contribution is -0.146. The average molecular weight is 445 g/mol. The number of carbonyl (C=O) groups is 2. The molecule has 0 radical (unpaired) electrons. The third-order valence-corrected chi connectivity index (χ3v) is 7.85. The minimum Gasteiger partial charge on any atom is -0.368 e. The van der Waals surface area contributed by atoms with Gasteiger partial charge in [-0.1, -0.05) is 56.3 Å². The number of hydrogen-bond acceptors (Lipinski definition) is 4. The van der Waals surface area contributed by atoms with Crippen LogP contribution >= 0.6 is 0 Å².